The fourth-order valence-electron chi connectivity index (χ4n) is 1.38. The van der Waals surface area contributed by atoms with Gasteiger partial charge in [0, 0.05) is 5.69 Å². The molecule has 0 fully saturated rings. The van der Waals surface area contributed by atoms with Crippen LogP contribution in [0.3, 0.4) is 0 Å². The molecule has 1 rings (SSSR count). The zero-order valence-electron chi connectivity index (χ0n) is 10.4. The van der Waals surface area contributed by atoms with Crippen molar-refractivity contribution in [1.82, 2.24) is 0 Å². The summed E-state index contributed by atoms with van der Waals surface area (Å²) in [6, 6.07) is 3.62. The summed E-state index contributed by atoms with van der Waals surface area (Å²) in [5.41, 5.74) is 6.14. The van der Waals surface area contributed by atoms with Gasteiger partial charge in [-0.2, -0.15) is 11.8 Å². The van der Waals surface area contributed by atoms with Gasteiger partial charge in [-0.15, -0.1) is 0 Å². The number of amides is 1. The van der Waals surface area contributed by atoms with Crippen LogP contribution in [0.5, 0.6) is 0 Å². The molecule has 0 bridgehead atoms. The Kier molecular flexibility index (Phi) is 6.14. The van der Waals surface area contributed by atoms with Gasteiger partial charge in [0.25, 0.3) is 0 Å². The van der Waals surface area contributed by atoms with Crippen LogP contribution >= 0.6 is 23.4 Å². The number of carboxylic acid groups (broad SMARTS) is 1. The second-order valence-electron chi connectivity index (χ2n) is 3.88. The van der Waals surface area contributed by atoms with E-state index < -0.39 is 12.0 Å². The number of anilines is 1. The van der Waals surface area contributed by atoms with Crippen molar-refractivity contribution in [3.63, 3.8) is 0 Å². The van der Waals surface area contributed by atoms with Crippen LogP contribution < -0.4 is 11.1 Å². The molecule has 1 aromatic carbocycles. The number of thioether (sulfide) groups is 1. The second kappa shape index (κ2) is 7.37. The minimum Gasteiger partial charge on any atom is -0.478 e. The third kappa shape index (κ3) is 4.74. The van der Waals surface area contributed by atoms with Gasteiger partial charge in [0.05, 0.1) is 16.6 Å². The number of carbonyl (C=O) groups excluding carboxylic acids is 1. The van der Waals surface area contributed by atoms with Crippen LogP contribution in [0.1, 0.15) is 16.8 Å². The molecule has 19 heavy (non-hydrogen) atoms. The van der Waals surface area contributed by atoms with Crippen molar-refractivity contribution in [2.45, 2.75) is 12.5 Å². The number of hydrogen-bond donors (Lipinski definition) is 3. The lowest BCUT2D eigenvalue weighted by Crippen LogP contribution is -2.36. The molecular formula is C12H15ClN2O3S. The van der Waals surface area contributed by atoms with Gasteiger partial charge >= 0.3 is 5.97 Å². The van der Waals surface area contributed by atoms with E-state index in [2.05, 4.69) is 5.32 Å². The summed E-state index contributed by atoms with van der Waals surface area (Å²) in [5, 5.41) is 11.5. The number of hydrogen-bond acceptors (Lipinski definition) is 4. The molecule has 0 aliphatic carbocycles. The molecule has 0 unspecified atom stereocenters. The Bertz CT molecular complexity index is 482. The van der Waals surface area contributed by atoms with E-state index in [0.29, 0.717) is 12.1 Å². The van der Waals surface area contributed by atoms with Gasteiger partial charge in [-0.1, -0.05) is 11.6 Å². The first-order valence-corrected chi connectivity index (χ1v) is 7.31. The molecule has 104 valence electrons. The maximum Gasteiger partial charge on any atom is 0.337 e. The lowest BCUT2D eigenvalue weighted by Gasteiger charge is -2.12. The molecule has 0 saturated carbocycles. The minimum atomic E-state index is -1.11. The van der Waals surface area contributed by atoms with Crippen molar-refractivity contribution in [1.29, 1.82) is 0 Å². The van der Waals surface area contributed by atoms with E-state index >= 15 is 0 Å². The van der Waals surface area contributed by atoms with Crippen molar-refractivity contribution < 1.29 is 14.7 Å². The standard InChI is InChI=1S/C12H15ClN2O3S/c1-19-5-4-10(14)11(16)15-7-2-3-8(12(17)18)9(13)6-7/h2-3,6,10H,4-5,14H2,1H3,(H,15,16)(H,17,18)/t10-/m1/s1. The SMILES string of the molecule is CSCC[C@@H](N)C(=O)Nc1ccc(C(=O)O)c(Cl)c1. The van der Waals surface area contributed by atoms with E-state index in [4.69, 9.17) is 22.4 Å². The average Bonchev–Trinajstić information content (AvgIpc) is 2.35. The average molecular weight is 303 g/mol. The lowest BCUT2D eigenvalue weighted by atomic mass is 10.2. The largest absolute Gasteiger partial charge is 0.478 e. The summed E-state index contributed by atoms with van der Waals surface area (Å²) in [6.45, 7) is 0. The molecule has 1 amide bonds. The summed E-state index contributed by atoms with van der Waals surface area (Å²) in [6.07, 6.45) is 2.52. The van der Waals surface area contributed by atoms with Crippen LogP contribution in [0.15, 0.2) is 18.2 Å². The van der Waals surface area contributed by atoms with Crippen molar-refractivity contribution >= 4 is 40.9 Å². The Balaban J connectivity index is 2.70. The Morgan fingerprint density at radius 2 is 2.21 bits per heavy atom. The number of carbonyl (C=O) groups is 2. The van der Waals surface area contributed by atoms with Gasteiger partial charge in [0.2, 0.25) is 5.91 Å². The van der Waals surface area contributed by atoms with Gasteiger partial charge in [-0.05, 0) is 36.6 Å². The van der Waals surface area contributed by atoms with Crippen LogP contribution in [0.4, 0.5) is 5.69 Å². The molecule has 0 aliphatic rings. The molecular weight excluding hydrogens is 288 g/mol. The highest BCUT2D eigenvalue weighted by molar-refractivity contribution is 7.98. The smallest absolute Gasteiger partial charge is 0.337 e. The van der Waals surface area contributed by atoms with Crippen molar-refractivity contribution in [2.75, 3.05) is 17.3 Å². The van der Waals surface area contributed by atoms with Crippen LogP contribution in [-0.2, 0) is 4.79 Å². The normalized spacial score (nSPS) is 11.9. The molecule has 0 heterocycles. The quantitative estimate of drug-likeness (QED) is 0.748. The maximum atomic E-state index is 11.7. The second-order valence-corrected chi connectivity index (χ2v) is 5.27. The topological polar surface area (TPSA) is 92.4 Å². The molecule has 0 radical (unpaired) electrons. The molecule has 0 aromatic heterocycles. The Morgan fingerprint density at radius 3 is 2.74 bits per heavy atom. The van der Waals surface area contributed by atoms with Crippen molar-refractivity contribution in [3.05, 3.63) is 28.8 Å². The summed E-state index contributed by atoms with van der Waals surface area (Å²) in [5.74, 6) is -0.624. The Morgan fingerprint density at radius 1 is 1.53 bits per heavy atom. The lowest BCUT2D eigenvalue weighted by molar-refractivity contribution is -0.117. The van der Waals surface area contributed by atoms with Crippen LogP contribution in [0.2, 0.25) is 5.02 Å². The number of halogens is 1. The van der Waals surface area contributed by atoms with E-state index in [0.717, 1.165) is 5.75 Å². The molecule has 0 spiro atoms. The third-order valence-electron chi connectivity index (χ3n) is 2.44. The molecule has 1 aromatic rings. The van der Waals surface area contributed by atoms with Gasteiger partial charge < -0.3 is 16.2 Å². The third-order valence-corrected chi connectivity index (χ3v) is 3.39. The van der Waals surface area contributed by atoms with Crippen molar-refractivity contribution in [3.8, 4) is 0 Å². The van der Waals surface area contributed by atoms with Crippen LogP contribution in [0, 0.1) is 0 Å². The highest BCUT2D eigenvalue weighted by Crippen LogP contribution is 2.21. The molecule has 0 aliphatic heterocycles. The summed E-state index contributed by atoms with van der Waals surface area (Å²) in [4.78, 5) is 22.5. The highest BCUT2D eigenvalue weighted by atomic mass is 35.5. The number of benzene rings is 1. The summed E-state index contributed by atoms with van der Waals surface area (Å²) < 4.78 is 0. The number of nitrogens with two attached hydrogens (primary N) is 1. The molecule has 0 saturated heterocycles. The summed E-state index contributed by atoms with van der Waals surface area (Å²) >= 11 is 7.42. The molecule has 4 N–H and O–H groups in total. The summed E-state index contributed by atoms with van der Waals surface area (Å²) in [7, 11) is 0. The predicted octanol–water partition coefficient (Wildman–Crippen LogP) is 2.06. The van der Waals surface area contributed by atoms with Gasteiger partial charge in [-0.3, -0.25) is 4.79 Å². The Hall–Kier alpha value is -1.24. The van der Waals surface area contributed by atoms with E-state index in [1.165, 1.54) is 18.2 Å². The van der Waals surface area contributed by atoms with Crippen molar-refractivity contribution in [2.24, 2.45) is 5.73 Å². The molecule has 5 nitrogen and oxygen atoms in total. The maximum absolute atomic E-state index is 11.7. The van der Waals surface area contributed by atoms with Crippen LogP contribution in [-0.4, -0.2) is 35.0 Å². The van der Waals surface area contributed by atoms with Gasteiger partial charge in [0.1, 0.15) is 0 Å². The van der Waals surface area contributed by atoms with E-state index in [9.17, 15) is 9.59 Å². The Labute approximate surface area is 120 Å². The predicted molar refractivity (Wildman–Crippen MR) is 78.0 cm³/mol. The fraction of sp³-hybridized carbons (Fsp3) is 0.333. The zero-order valence-corrected chi connectivity index (χ0v) is 11.9. The van der Waals surface area contributed by atoms with E-state index in [1.54, 1.807) is 11.8 Å². The molecule has 7 heteroatoms. The monoisotopic (exact) mass is 302 g/mol. The number of carboxylic acids is 1. The zero-order chi connectivity index (χ0) is 14.4. The first kappa shape index (κ1) is 15.8. The van der Waals surface area contributed by atoms with Gasteiger partial charge in [0.15, 0.2) is 0 Å². The van der Waals surface area contributed by atoms with Gasteiger partial charge in [-0.25, -0.2) is 4.79 Å². The molecule has 1 atom stereocenters. The van der Waals surface area contributed by atoms with E-state index in [1.807, 2.05) is 6.26 Å². The number of rotatable bonds is 6. The van der Waals surface area contributed by atoms with E-state index in [-0.39, 0.29) is 16.5 Å². The minimum absolute atomic E-state index is 0.00801. The number of nitrogens with one attached hydrogen (secondary N) is 1. The first-order chi connectivity index (χ1) is 8.95. The first-order valence-electron chi connectivity index (χ1n) is 5.54. The fourth-order valence-corrected chi connectivity index (χ4v) is 2.13. The highest BCUT2D eigenvalue weighted by Gasteiger charge is 2.14. The number of aromatic carboxylic acids is 1. The van der Waals surface area contributed by atoms with Crippen LogP contribution in [0.25, 0.3) is 0 Å².